The zero-order chi connectivity index (χ0) is 19.5. The van der Waals surface area contributed by atoms with Gasteiger partial charge >= 0.3 is 5.63 Å². The molecule has 0 saturated heterocycles. The molecule has 0 aliphatic carbocycles. The number of hydrogen-bond acceptors (Lipinski definition) is 6. The van der Waals surface area contributed by atoms with Crippen molar-refractivity contribution in [2.45, 2.75) is 0 Å². The van der Waals surface area contributed by atoms with Gasteiger partial charge in [0.15, 0.2) is 11.4 Å². The first kappa shape index (κ1) is 15.7. The van der Waals surface area contributed by atoms with Crippen LogP contribution in [0.1, 0.15) is 15.9 Å². The van der Waals surface area contributed by atoms with Crippen molar-refractivity contribution in [3.05, 3.63) is 82.3 Å². The third kappa shape index (κ3) is 2.10. The zero-order valence-electron chi connectivity index (χ0n) is 14.8. The molecule has 0 saturated carbocycles. The second kappa shape index (κ2) is 5.59. The van der Waals surface area contributed by atoms with Crippen molar-refractivity contribution in [1.29, 1.82) is 0 Å². The molecular formula is C21H11N5O3. The molecule has 0 atom stereocenters. The van der Waals surface area contributed by atoms with Gasteiger partial charge in [-0.05, 0) is 34.7 Å². The molecule has 4 heterocycles. The fourth-order valence-corrected chi connectivity index (χ4v) is 3.79. The van der Waals surface area contributed by atoms with E-state index in [-0.39, 0.29) is 22.4 Å². The topological polar surface area (TPSA) is 106 Å². The summed E-state index contributed by atoms with van der Waals surface area (Å²) in [6.45, 7) is 0. The van der Waals surface area contributed by atoms with Gasteiger partial charge in [0.05, 0.1) is 16.5 Å². The van der Waals surface area contributed by atoms with Crippen LogP contribution in [0.3, 0.4) is 0 Å². The van der Waals surface area contributed by atoms with Gasteiger partial charge in [-0.3, -0.25) is 4.79 Å². The number of rotatable bonds is 2. The summed E-state index contributed by atoms with van der Waals surface area (Å²) in [5.74, 6) is -0.281. The average Bonchev–Trinajstić information content (AvgIpc) is 3.40. The number of carbonyl (C=O) groups is 1. The molecule has 1 N–H and O–H groups in total. The first-order valence-electron chi connectivity index (χ1n) is 8.90. The number of aromatic nitrogens is 5. The third-order valence-corrected chi connectivity index (χ3v) is 5.11. The maximum Gasteiger partial charge on any atom is 0.345 e. The van der Waals surface area contributed by atoms with E-state index >= 15 is 0 Å². The Hall–Kier alpha value is -4.33. The number of tetrazole rings is 1. The lowest BCUT2D eigenvalue weighted by molar-refractivity contribution is 0.104. The number of pyridine rings is 1. The Bertz CT molecular complexity index is 1660. The summed E-state index contributed by atoms with van der Waals surface area (Å²) in [6, 6.07) is 16.2. The average molecular weight is 381 g/mol. The zero-order valence-corrected chi connectivity index (χ0v) is 14.8. The lowest BCUT2D eigenvalue weighted by Crippen LogP contribution is -2.10. The number of nitrogens with zero attached hydrogens (tertiary/aromatic N) is 4. The number of fused-ring (bicyclic) bond motifs is 6. The minimum atomic E-state index is -0.552. The minimum Gasteiger partial charge on any atom is -0.422 e. The van der Waals surface area contributed by atoms with Gasteiger partial charge < -0.3 is 9.40 Å². The molecule has 2 aromatic carbocycles. The molecule has 0 unspecified atom stereocenters. The standard InChI is InChI=1S/C21H11N5O3/c27-19(15-10-22-16-7-3-1-5-11(15)16)14-9-13-18(26-20(14)23-24-25-26)12-6-2-4-8-17(12)29-21(13)28/h1-10,22H. The molecule has 4 aromatic heterocycles. The van der Waals surface area contributed by atoms with Gasteiger partial charge in [-0.15, -0.1) is 5.10 Å². The summed E-state index contributed by atoms with van der Waals surface area (Å²) < 4.78 is 6.87. The summed E-state index contributed by atoms with van der Waals surface area (Å²) in [5.41, 5.74) is 2.22. The highest BCUT2D eigenvalue weighted by Crippen LogP contribution is 2.27. The maximum atomic E-state index is 13.4. The highest BCUT2D eigenvalue weighted by molar-refractivity contribution is 6.20. The van der Waals surface area contributed by atoms with Crippen LogP contribution in [0.2, 0.25) is 0 Å². The second-order valence-electron chi connectivity index (χ2n) is 6.70. The quantitative estimate of drug-likeness (QED) is 0.281. The summed E-state index contributed by atoms with van der Waals surface area (Å²) in [5, 5.41) is 13.6. The van der Waals surface area contributed by atoms with E-state index in [1.165, 1.54) is 10.6 Å². The summed E-state index contributed by atoms with van der Waals surface area (Å²) in [7, 11) is 0. The van der Waals surface area contributed by atoms with Crippen molar-refractivity contribution in [3.8, 4) is 0 Å². The normalized spacial score (nSPS) is 11.7. The number of aromatic amines is 1. The predicted octanol–water partition coefficient (Wildman–Crippen LogP) is 3.10. The Balaban J connectivity index is 1.72. The number of ketones is 1. The van der Waals surface area contributed by atoms with E-state index in [2.05, 4.69) is 20.5 Å². The van der Waals surface area contributed by atoms with Crippen LogP contribution in [0.25, 0.3) is 38.4 Å². The molecular weight excluding hydrogens is 370 g/mol. The fourth-order valence-electron chi connectivity index (χ4n) is 3.79. The van der Waals surface area contributed by atoms with Crippen LogP contribution < -0.4 is 5.63 Å². The molecule has 0 fully saturated rings. The molecule has 6 aromatic rings. The van der Waals surface area contributed by atoms with Gasteiger partial charge in [0.25, 0.3) is 0 Å². The molecule has 0 spiro atoms. The van der Waals surface area contributed by atoms with E-state index in [9.17, 15) is 9.59 Å². The molecule has 0 aliphatic heterocycles. The SMILES string of the molecule is O=C(c1c[nH]c2ccccc12)c1cc2c(=O)oc3ccccc3c2n2nnnc12. The highest BCUT2D eigenvalue weighted by atomic mass is 16.4. The predicted molar refractivity (Wildman–Crippen MR) is 106 cm³/mol. The van der Waals surface area contributed by atoms with Crippen LogP contribution >= 0.6 is 0 Å². The largest absolute Gasteiger partial charge is 0.422 e. The van der Waals surface area contributed by atoms with E-state index in [0.717, 1.165) is 10.9 Å². The first-order valence-corrected chi connectivity index (χ1v) is 8.90. The fraction of sp³-hybridized carbons (Fsp3) is 0. The Morgan fingerprint density at radius 2 is 1.76 bits per heavy atom. The third-order valence-electron chi connectivity index (χ3n) is 5.11. The van der Waals surface area contributed by atoms with Gasteiger partial charge in [0.2, 0.25) is 0 Å². The molecule has 6 rings (SSSR count). The van der Waals surface area contributed by atoms with E-state index in [0.29, 0.717) is 22.0 Å². The minimum absolute atomic E-state index is 0.231. The van der Waals surface area contributed by atoms with Crippen LogP contribution in [-0.2, 0) is 0 Å². The van der Waals surface area contributed by atoms with Crippen molar-refractivity contribution in [2.24, 2.45) is 0 Å². The molecule has 138 valence electrons. The van der Waals surface area contributed by atoms with Crippen molar-refractivity contribution in [1.82, 2.24) is 25.0 Å². The second-order valence-corrected chi connectivity index (χ2v) is 6.70. The van der Waals surface area contributed by atoms with Crippen LogP contribution in [0.15, 0.2) is 70.0 Å². The number of benzene rings is 2. The Morgan fingerprint density at radius 1 is 0.966 bits per heavy atom. The van der Waals surface area contributed by atoms with Gasteiger partial charge in [-0.25, -0.2) is 4.79 Å². The van der Waals surface area contributed by atoms with Gasteiger partial charge in [-0.1, -0.05) is 30.3 Å². The van der Waals surface area contributed by atoms with Crippen molar-refractivity contribution in [2.75, 3.05) is 0 Å². The van der Waals surface area contributed by atoms with Crippen molar-refractivity contribution < 1.29 is 9.21 Å². The van der Waals surface area contributed by atoms with E-state index < -0.39 is 5.63 Å². The summed E-state index contributed by atoms with van der Waals surface area (Å²) in [4.78, 5) is 29.2. The first-order chi connectivity index (χ1) is 14.2. The van der Waals surface area contributed by atoms with Crippen LogP contribution in [0.5, 0.6) is 0 Å². The number of hydrogen-bond donors (Lipinski definition) is 1. The van der Waals surface area contributed by atoms with Crippen LogP contribution in [0, 0.1) is 0 Å². The molecule has 0 aliphatic rings. The number of carbonyl (C=O) groups excluding carboxylic acids is 1. The van der Waals surface area contributed by atoms with Crippen molar-refractivity contribution in [3.63, 3.8) is 0 Å². The maximum absolute atomic E-state index is 13.4. The highest BCUT2D eigenvalue weighted by Gasteiger charge is 2.22. The Labute approximate surface area is 161 Å². The van der Waals surface area contributed by atoms with Gasteiger partial charge in [0.1, 0.15) is 5.58 Å². The number of para-hydroxylation sites is 2. The molecule has 0 bridgehead atoms. The molecule has 8 heteroatoms. The molecule has 29 heavy (non-hydrogen) atoms. The number of nitrogens with one attached hydrogen (secondary N) is 1. The summed E-state index contributed by atoms with van der Waals surface area (Å²) in [6.07, 6.45) is 1.65. The molecule has 0 radical (unpaired) electrons. The van der Waals surface area contributed by atoms with Crippen molar-refractivity contribution >= 4 is 44.2 Å². The van der Waals surface area contributed by atoms with Crippen LogP contribution in [-0.4, -0.2) is 30.8 Å². The van der Waals surface area contributed by atoms with E-state index in [1.807, 2.05) is 36.4 Å². The summed E-state index contributed by atoms with van der Waals surface area (Å²) >= 11 is 0. The van der Waals surface area contributed by atoms with E-state index in [1.54, 1.807) is 18.3 Å². The molecule has 8 nitrogen and oxygen atoms in total. The monoisotopic (exact) mass is 381 g/mol. The Morgan fingerprint density at radius 3 is 2.66 bits per heavy atom. The lowest BCUT2D eigenvalue weighted by atomic mass is 10.0. The Kier molecular flexibility index (Phi) is 3.02. The number of H-pyrrole nitrogens is 1. The van der Waals surface area contributed by atoms with E-state index in [4.69, 9.17) is 4.42 Å². The van der Waals surface area contributed by atoms with Gasteiger partial charge in [-0.2, -0.15) is 4.52 Å². The smallest absolute Gasteiger partial charge is 0.345 e. The lowest BCUT2D eigenvalue weighted by Gasteiger charge is -2.07. The molecule has 0 amide bonds. The van der Waals surface area contributed by atoms with Gasteiger partial charge in [0, 0.05) is 28.0 Å². The van der Waals surface area contributed by atoms with Crippen LogP contribution in [0.4, 0.5) is 0 Å².